The van der Waals surface area contributed by atoms with E-state index in [2.05, 4.69) is 21.2 Å². The number of hydrogen-bond acceptors (Lipinski definition) is 2. The summed E-state index contributed by atoms with van der Waals surface area (Å²) >= 11 is 3.40. The van der Waals surface area contributed by atoms with E-state index in [1.54, 1.807) is 7.05 Å². The van der Waals surface area contributed by atoms with E-state index in [0.29, 0.717) is 0 Å². The van der Waals surface area contributed by atoms with Crippen molar-refractivity contribution in [2.24, 2.45) is 5.73 Å². The summed E-state index contributed by atoms with van der Waals surface area (Å²) in [6.45, 7) is 1.97. The molecule has 1 unspecified atom stereocenters. The van der Waals surface area contributed by atoms with E-state index in [1.807, 2.05) is 25.1 Å². The second-order valence-corrected chi connectivity index (χ2v) is 3.99. The van der Waals surface area contributed by atoms with Crippen molar-refractivity contribution in [3.63, 3.8) is 0 Å². The van der Waals surface area contributed by atoms with Crippen molar-refractivity contribution >= 4 is 21.8 Å². The van der Waals surface area contributed by atoms with Gasteiger partial charge >= 0.3 is 0 Å². The van der Waals surface area contributed by atoms with Gasteiger partial charge in [0.05, 0.1) is 0 Å². The zero-order valence-corrected chi connectivity index (χ0v) is 9.76. The Morgan fingerprint density at radius 2 is 2.21 bits per heavy atom. The molecule has 0 aliphatic heterocycles. The highest BCUT2D eigenvalue weighted by Crippen LogP contribution is 2.20. The predicted molar refractivity (Wildman–Crippen MR) is 59.9 cm³/mol. The van der Waals surface area contributed by atoms with Gasteiger partial charge in [0.25, 0.3) is 0 Å². The van der Waals surface area contributed by atoms with Gasteiger partial charge in [0, 0.05) is 4.47 Å². The number of aryl methyl sites for hydroxylation is 1. The molecule has 0 bridgehead atoms. The van der Waals surface area contributed by atoms with Crippen molar-refractivity contribution < 1.29 is 4.79 Å². The summed E-state index contributed by atoms with van der Waals surface area (Å²) in [7, 11) is 1.72. The van der Waals surface area contributed by atoms with Gasteiger partial charge in [-0.25, -0.2) is 0 Å². The molecule has 14 heavy (non-hydrogen) atoms. The first-order valence-electron chi connectivity index (χ1n) is 4.29. The standard InChI is InChI=1S/C10H13BrN2O/c1-6-5-7(3-4-8(6)11)9(13-2)10(12)14/h3-5,9,13H,1-2H3,(H2,12,14). The Balaban J connectivity index is 3.06. The molecule has 1 amide bonds. The molecule has 3 N–H and O–H groups in total. The minimum Gasteiger partial charge on any atom is -0.368 e. The summed E-state index contributed by atoms with van der Waals surface area (Å²) in [5.41, 5.74) is 7.23. The summed E-state index contributed by atoms with van der Waals surface area (Å²) in [6, 6.07) is 5.32. The number of hydrogen-bond donors (Lipinski definition) is 2. The fourth-order valence-electron chi connectivity index (χ4n) is 1.32. The summed E-state index contributed by atoms with van der Waals surface area (Å²) in [5, 5.41) is 2.87. The maximum Gasteiger partial charge on any atom is 0.239 e. The normalized spacial score (nSPS) is 12.5. The van der Waals surface area contributed by atoms with Gasteiger partial charge in [0.1, 0.15) is 6.04 Å². The molecular formula is C10H13BrN2O. The number of primary amides is 1. The van der Waals surface area contributed by atoms with E-state index >= 15 is 0 Å². The third kappa shape index (κ3) is 2.33. The van der Waals surface area contributed by atoms with Crippen LogP contribution >= 0.6 is 15.9 Å². The smallest absolute Gasteiger partial charge is 0.239 e. The van der Waals surface area contributed by atoms with Gasteiger partial charge in [0.15, 0.2) is 0 Å². The number of carbonyl (C=O) groups excluding carboxylic acids is 1. The molecular weight excluding hydrogens is 244 g/mol. The van der Waals surface area contributed by atoms with E-state index in [-0.39, 0.29) is 5.91 Å². The molecule has 3 nitrogen and oxygen atoms in total. The Morgan fingerprint density at radius 1 is 1.57 bits per heavy atom. The second kappa shape index (κ2) is 4.57. The lowest BCUT2D eigenvalue weighted by Crippen LogP contribution is -2.31. The van der Waals surface area contributed by atoms with Crippen molar-refractivity contribution in [2.45, 2.75) is 13.0 Å². The minimum atomic E-state index is -0.415. The van der Waals surface area contributed by atoms with Crippen LogP contribution in [0.15, 0.2) is 22.7 Å². The lowest BCUT2D eigenvalue weighted by molar-refractivity contribution is -0.120. The number of nitrogens with two attached hydrogens (primary N) is 1. The first-order chi connectivity index (χ1) is 6.56. The number of benzene rings is 1. The van der Waals surface area contributed by atoms with Gasteiger partial charge in [-0.15, -0.1) is 0 Å². The van der Waals surface area contributed by atoms with Crippen LogP contribution in [0.4, 0.5) is 0 Å². The average Bonchev–Trinajstić information content (AvgIpc) is 2.11. The molecule has 1 aromatic rings. The molecule has 0 fully saturated rings. The fourth-order valence-corrected chi connectivity index (χ4v) is 1.57. The van der Waals surface area contributed by atoms with Gasteiger partial charge in [-0.1, -0.05) is 28.1 Å². The quantitative estimate of drug-likeness (QED) is 0.862. The molecule has 4 heteroatoms. The van der Waals surface area contributed by atoms with Crippen LogP contribution in [0.1, 0.15) is 17.2 Å². The molecule has 0 saturated carbocycles. The number of halogens is 1. The van der Waals surface area contributed by atoms with Gasteiger partial charge in [-0.05, 0) is 31.2 Å². The molecule has 76 valence electrons. The molecule has 0 aromatic heterocycles. The lowest BCUT2D eigenvalue weighted by atomic mass is 10.0. The first-order valence-corrected chi connectivity index (χ1v) is 5.08. The highest BCUT2D eigenvalue weighted by molar-refractivity contribution is 9.10. The third-order valence-corrected chi connectivity index (χ3v) is 2.98. The van der Waals surface area contributed by atoms with Crippen molar-refractivity contribution in [2.75, 3.05) is 7.05 Å². The van der Waals surface area contributed by atoms with Crippen LogP contribution in [0.3, 0.4) is 0 Å². The van der Waals surface area contributed by atoms with Crippen LogP contribution in [0.5, 0.6) is 0 Å². The van der Waals surface area contributed by atoms with Crippen molar-refractivity contribution in [3.05, 3.63) is 33.8 Å². The topological polar surface area (TPSA) is 55.1 Å². The van der Waals surface area contributed by atoms with Crippen LogP contribution in [0.25, 0.3) is 0 Å². The monoisotopic (exact) mass is 256 g/mol. The van der Waals surface area contributed by atoms with Crippen LogP contribution in [0.2, 0.25) is 0 Å². The number of amides is 1. The molecule has 0 radical (unpaired) electrons. The van der Waals surface area contributed by atoms with Gasteiger partial charge in [-0.2, -0.15) is 0 Å². The first kappa shape index (κ1) is 11.2. The Bertz CT molecular complexity index is 352. The minimum absolute atomic E-state index is 0.366. The maximum absolute atomic E-state index is 11.1. The highest BCUT2D eigenvalue weighted by atomic mass is 79.9. The molecule has 0 spiro atoms. The van der Waals surface area contributed by atoms with Crippen molar-refractivity contribution in [1.82, 2.24) is 5.32 Å². The van der Waals surface area contributed by atoms with Gasteiger partial charge < -0.3 is 11.1 Å². The van der Waals surface area contributed by atoms with Gasteiger partial charge in [0.2, 0.25) is 5.91 Å². The molecule has 0 aliphatic carbocycles. The molecule has 0 aliphatic rings. The van der Waals surface area contributed by atoms with E-state index < -0.39 is 6.04 Å². The Morgan fingerprint density at radius 3 is 2.64 bits per heavy atom. The predicted octanol–water partition coefficient (Wildman–Crippen LogP) is 1.50. The van der Waals surface area contributed by atoms with Crippen molar-refractivity contribution in [1.29, 1.82) is 0 Å². The largest absolute Gasteiger partial charge is 0.368 e. The zero-order chi connectivity index (χ0) is 10.7. The van der Waals surface area contributed by atoms with E-state index in [1.165, 1.54) is 0 Å². The molecule has 1 atom stereocenters. The van der Waals surface area contributed by atoms with Crippen LogP contribution in [-0.2, 0) is 4.79 Å². The molecule has 0 saturated heterocycles. The highest BCUT2D eigenvalue weighted by Gasteiger charge is 2.15. The van der Waals surface area contributed by atoms with Gasteiger partial charge in [-0.3, -0.25) is 4.79 Å². The van der Waals surface area contributed by atoms with Crippen molar-refractivity contribution in [3.8, 4) is 0 Å². The van der Waals surface area contributed by atoms with E-state index in [4.69, 9.17) is 5.73 Å². The number of likely N-dealkylation sites (N-methyl/N-ethyl adjacent to an activating group) is 1. The Labute approximate surface area is 91.8 Å². The summed E-state index contributed by atoms with van der Waals surface area (Å²) in [5.74, 6) is -0.366. The fraction of sp³-hybridized carbons (Fsp3) is 0.300. The summed E-state index contributed by atoms with van der Waals surface area (Å²) in [6.07, 6.45) is 0. The summed E-state index contributed by atoms with van der Waals surface area (Å²) < 4.78 is 1.03. The molecule has 1 aromatic carbocycles. The Hall–Kier alpha value is -0.870. The average molecular weight is 257 g/mol. The number of carbonyl (C=O) groups is 1. The maximum atomic E-state index is 11.1. The van der Waals surface area contributed by atoms with E-state index in [9.17, 15) is 4.79 Å². The SMILES string of the molecule is CNC(C(N)=O)c1ccc(Br)c(C)c1. The van der Waals surface area contributed by atoms with Crippen LogP contribution in [-0.4, -0.2) is 13.0 Å². The Kier molecular flexibility index (Phi) is 3.66. The van der Waals surface area contributed by atoms with Crippen LogP contribution in [0, 0.1) is 6.92 Å². The second-order valence-electron chi connectivity index (χ2n) is 3.13. The van der Waals surface area contributed by atoms with E-state index in [0.717, 1.165) is 15.6 Å². The summed E-state index contributed by atoms with van der Waals surface area (Å²) in [4.78, 5) is 11.1. The lowest BCUT2D eigenvalue weighted by Gasteiger charge is -2.13. The number of rotatable bonds is 3. The molecule has 1 rings (SSSR count). The zero-order valence-electron chi connectivity index (χ0n) is 8.17. The molecule has 0 heterocycles. The van der Waals surface area contributed by atoms with Crippen LogP contribution < -0.4 is 11.1 Å². The number of nitrogens with one attached hydrogen (secondary N) is 1. The third-order valence-electron chi connectivity index (χ3n) is 2.09.